The average Bonchev–Trinajstić information content (AvgIpc) is 2.39. The molecule has 0 radical (unpaired) electrons. The molecule has 0 aromatic heterocycles. The molecule has 0 aliphatic heterocycles. The topological polar surface area (TPSA) is 96.3 Å². The third kappa shape index (κ3) is 10.00. The number of carbonyl (C=O) groups is 3. The molecule has 0 aromatic rings. The van der Waals surface area contributed by atoms with Gasteiger partial charge in [-0.3, -0.25) is 9.59 Å². The highest BCUT2D eigenvalue weighted by atomic mass is 32.2. The predicted molar refractivity (Wildman–Crippen MR) is 84.9 cm³/mol. The van der Waals surface area contributed by atoms with Crippen LogP contribution in [0.2, 0.25) is 0 Å². The molecule has 0 bridgehead atoms. The number of hydrogen-bond acceptors (Lipinski definition) is 6. The van der Waals surface area contributed by atoms with E-state index in [-0.39, 0.29) is 28.6 Å². The van der Waals surface area contributed by atoms with Crippen molar-refractivity contribution in [1.82, 2.24) is 5.32 Å². The van der Waals surface area contributed by atoms with Crippen molar-refractivity contribution in [3.8, 4) is 6.07 Å². The minimum Gasteiger partial charge on any atom is -0.449 e. The average molecular weight is 326 g/mol. The van der Waals surface area contributed by atoms with E-state index in [1.165, 1.54) is 0 Å². The van der Waals surface area contributed by atoms with Crippen LogP contribution in [0.1, 0.15) is 40.0 Å². The highest BCUT2D eigenvalue weighted by molar-refractivity contribution is 8.14. The number of carbonyl (C=O) groups excluding carboxylic acids is 3. The molecule has 6 nitrogen and oxygen atoms in total. The molecule has 0 heterocycles. The van der Waals surface area contributed by atoms with Crippen LogP contribution in [0.25, 0.3) is 0 Å². The summed E-state index contributed by atoms with van der Waals surface area (Å²) in [6.07, 6.45) is 2.05. The van der Waals surface area contributed by atoms with Crippen LogP contribution < -0.4 is 5.32 Å². The van der Waals surface area contributed by atoms with E-state index in [0.29, 0.717) is 6.42 Å². The quantitative estimate of drug-likeness (QED) is 0.541. The van der Waals surface area contributed by atoms with Gasteiger partial charge >= 0.3 is 5.97 Å². The summed E-state index contributed by atoms with van der Waals surface area (Å²) < 4.78 is 4.41. The van der Waals surface area contributed by atoms with E-state index in [2.05, 4.69) is 11.9 Å². The predicted octanol–water partition coefficient (Wildman–Crippen LogP) is 1.95. The molecule has 0 unspecified atom stereocenters. The highest BCUT2D eigenvalue weighted by Gasteiger charge is 2.27. The Labute approximate surface area is 135 Å². The van der Waals surface area contributed by atoms with Crippen molar-refractivity contribution >= 4 is 28.8 Å². The second-order valence-corrected chi connectivity index (χ2v) is 7.39. The molecule has 0 saturated carbocycles. The van der Waals surface area contributed by atoms with Gasteiger partial charge in [-0.05, 0) is 6.42 Å². The maximum Gasteiger partial charge on any atom is 0.330 e. The molecule has 1 amide bonds. The molecule has 0 aliphatic rings. The van der Waals surface area contributed by atoms with Crippen molar-refractivity contribution in [1.29, 1.82) is 5.26 Å². The van der Waals surface area contributed by atoms with Gasteiger partial charge in [0.25, 0.3) is 0 Å². The van der Waals surface area contributed by atoms with Crippen LogP contribution in [0.5, 0.6) is 0 Å². The summed E-state index contributed by atoms with van der Waals surface area (Å²) in [7, 11) is 0. The first-order valence-corrected chi connectivity index (χ1v) is 7.67. The van der Waals surface area contributed by atoms with Crippen LogP contribution in [0.4, 0.5) is 0 Å². The van der Waals surface area contributed by atoms with E-state index < -0.39 is 18.6 Å². The molecule has 22 heavy (non-hydrogen) atoms. The summed E-state index contributed by atoms with van der Waals surface area (Å²) in [4.78, 5) is 35.5. The third-order valence-electron chi connectivity index (χ3n) is 2.27. The number of nitrogens with zero attached hydrogens (tertiary/aromatic N) is 1. The van der Waals surface area contributed by atoms with E-state index in [9.17, 15) is 14.4 Å². The van der Waals surface area contributed by atoms with Crippen LogP contribution >= 0.6 is 11.8 Å². The minimum absolute atomic E-state index is 0.173. The number of nitrogens with one attached hydrogen (secondary N) is 1. The van der Waals surface area contributed by atoms with Crippen molar-refractivity contribution in [2.24, 2.45) is 0 Å². The van der Waals surface area contributed by atoms with Gasteiger partial charge in [-0.1, -0.05) is 38.6 Å². The van der Waals surface area contributed by atoms with E-state index in [1.54, 1.807) is 12.1 Å². The fraction of sp³-hybridized carbons (Fsp3) is 0.600. The fourth-order valence-electron chi connectivity index (χ4n) is 1.45. The van der Waals surface area contributed by atoms with Crippen LogP contribution in [0, 0.1) is 11.3 Å². The lowest BCUT2D eigenvalue weighted by atomic mass is 10.2. The summed E-state index contributed by atoms with van der Waals surface area (Å²) in [6, 6.07) is 0.598. The smallest absolute Gasteiger partial charge is 0.330 e. The zero-order valence-corrected chi connectivity index (χ0v) is 14.0. The van der Waals surface area contributed by atoms with Crippen molar-refractivity contribution in [3.63, 3.8) is 0 Å². The second-order valence-electron chi connectivity index (χ2n) is 5.50. The number of thioether (sulfide) groups is 1. The Morgan fingerprint density at radius 2 is 2.05 bits per heavy atom. The summed E-state index contributed by atoms with van der Waals surface area (Å²) >= 11 is 1.09. The summed E-state index contributed by atoms with van der Waals surface area (Å²) in [5.41, 5.74) is 0. The van der Waals surface area contributed by atoms with Crippen LogP contribution in [-0.4, -0.2) is 34.4 Å². The molecule has 0 fully saturated rings. The summed E-state index contributed by atoms with van der Waals surface area (Å²) in [6.45, 7) is 8.72. The van der Waals surface area contributed by atoms with Gasteiger partial charge in [-0.25, -0.2) is 4.79 Å². The number of hydrogen-bond donors (Lipinski definition) is 1. The Kier molecular flexibility index (Phi) is 9.18. The lowest BCUT2D eigenvalue weighted by Gasteiger charge is -2.19. The van der Waals surface area contributed by atoms with Gasteiger partial charge in [-0.2, -0.15) is 5.26 Å². The van der Waals surface area contributed by atoms with Gasteiger partial charge < -0.3 is 10.1 Å². The molecule has 122 valence electrons. The Balaban J connectivity index is 4.74. The van der Waals surface area contributed by atoms with Gasteiger partial charge in [0.2, 0.25) is 5.91 Å². The van der Waals surface area contributed by atoms with Crippen LogP contribution in [0.15, 0.2) is 12.7 Å². The maximum atomic E-state index is 12.0. The standard InChI is InChI=1S/C15H22N2O4S/c1-5-6-7-12(18)17-11(14(20)21-9-8-16)10-13(19)22-15(2,3)4/h5,11H,1,6-7,9-10H2,2-4H3,(H,17,18)/t11-/m0/s1. The Hall–Kier alpha value is -1.81. The van der Waals surface area contributed by atoms with Crippen molar-refractivity contribution in [3.05, 3.63) is 12.7 Å². The van der Waals surface area contributed by atoms with Crippen molar-refractivity contribution < 1.29 is 19.1 Å². The van der Waals surface area contributed by atoms with Gasteiger partial charge in [0.1, 0.15) is 12.1 Å². The minimum atomic E-state index is -1.08. The second kappa shape index (κ2) is 10.0. The molecule has 0 aliphatic carbocycles. The first kappa shape index (κ1) is 20.2. The number of nitriles is 1. The molecule has 1 N–H and O–H groups in total. The van der Waals surface area contributed by atoms with Crippen LogP contribution in [-0.2, 0) is 19.1 Å². The molecule has 1 atom stereocenters. The molecule has 0 spiro atoms. The molecular formula is C15H22N2O4S. The van der Waals surface area contributed by atoms with Gasteiger partial charge in [0, 0.05) is 17.6 Å². The first-order chi connectivity index (χ1) is 10.2. The Morgan fingerprint density at radius 1 is 1.41 bits per heavy atom. The number of amides is 1. The van der Waals surface area contributed by atoms with Gasteiger partial charge in [0.05, 0.1) is 0 Å². The lowest BCUT2D eigenvalue weighted by Crippen LogP contribution is -2.43. The number of ether oxygens (including phenoxy) is 1. The number of allylic oxidation sites excluding steroid dienone is 1. The Bertz CT molecular complexity index is 463. The monoisotopic (exact) mass is 326 g/mol. The van der Waals surface area contributed by atoms with Crippen LogP contribution in [0.3, 0.4) is 0 Å². The van der Waals surface area contributed by atoms with Gasteiger partial charge in [0.15, 0.2) is 11.7 Å². The van der Waals surface area contributed by atoms with E-state index in [4.69, 9.17) is 10.00 Å². The van der Waals surface area contributed by atoms with Gasteiger partial charge in [-0.15, -0.1) is 6.58 Å². The number of esters is 1. The molecular weight excluding hydrogens is 304 g/mol. The first-order valence-electron chi connectivity index (χ1n) is 6.85. The summed E-state index contributed by atoms with van der Waals surface area (Å²) in [5.74, 6) is -1.15. The third-order valence-corrected chi connectivity index (χ3v) is 3.27. The fourth-order valence-corrected chi connectivity index (χ4v) is 2.38. The van der Waals surface area contributed by atoms with Crippen molar-refractivity contribution in [2.75, 3.05) is 6.61 Å². The van der Waals surface area contributed by atoms with E-state index in [0.717, 1.165) is 11.8 Å². The maximum absolute atomic E-state index is 12.0. The zero-order valence-electron chi connectivity index (χ0n) is 13.2. The Morgan fingerprint density at radius 3 is 2.55 bits per heavy atom. The largest absolute Gasteiger partial charge is 0.449 e. The van der Waals surface area contributed by atoms with Crippen molar-refractivity contribution in [2.45, 2.75) is 50.8 Å². The molecule has 0 saturated heterocycles. The lowest BCUT2D eigenvalue weighted by molar-refractivity contribution is -0.147. The molecule has 0 aromatic carbocycles. The normalized spacial score (nSPS) is 11.9. The SMILES string of the molecule is C=CCCC(=O)N[C@@H](CC(=O)SC(C)(C)C)C(=O)OCC#N. The van der Waals surface area contributed by atoms with E-state index in [1.807, 2.05) is 20.8 Å². The molecule has 7 heteroatoms. The highest BCUT2D eigenvalue weighted by Crippen LogP contribution is 2.25. The zero-order chi connectivity index (χ0) is 17.2. The number of rotatable bonds is 8. The summed E-state index contributed by atoms with van der Waals surface area (Å²) in [5, 5.41) is 10.7. The van der Waals surface area contributed by atoms with E-state index >= 15 is 0 Å². The molecule has 0 rings (SSSR count).